The van der Waals surface area contributed by atoms with Gasteiger partial charge in [0.1, 0.15) is 17.2 Å². The monoisotopic (exact) mass is 229 g/mol. The predicted molar refractivity (Wildman–Crippen MR) is 50.4 cm³/mol. The minimum Gasteiger partial charge on any atom is -0.449 e. The Morgan fingerprint density at radius 3 is 2.25 bits per heavy atom. The van der Waals surface area contributed by atoms with Crippen LogP contribution in [0.25, 0.3) is 0 Å². The normalized spacial score (nSPS) is 11.9. The number of nitrogens with two attached hydrogens (primary N) is 1. The molecule has 0 bridgehead atoms. The summed E-state index contributed by atoms with van der Waals surface area (Å²) in [5, 5.41) is 0. The lowest BCUT2D eigenvalue weighted by molar-refractivity contribution is -0.125. The molecule has 0 fully saturated rings. The molecule has 16 heavy (non-hydrogen) atoms. The van der Waals surface area contributed by atoms with Gasteiger partial charge in [-0.15, -0.1) is 0 Å². The third kappa shape index (κ3) is 2.53. The average molecular weight is 229 g/mol. The van der Waals surface area contributed by atoms with Gasteiger partial charge < -0.3 is 10.5 Å². The lowest BCUT2D eigenvalue weighted by Crippen LogP contribution is -2.31. The van der Waals surface area contributed by atoms with Crippen LogP contribution in [0.3, 0.4) is 0 Å². The maximum atomic E-state index is 13.1. The van der Waals surface area contributed by atoms with Crippen molar-refractivity contribution in [2.24, 2.45) is 5.73 Å². The van der Waals surface area contributed by atoms with E-state index in [2.05, 4.69) is 4.74 Å². The number of carbonyl (C=O) groups excluding carboxylic acids is 2. The number of amides is 1. The van der Waals surface area contributed by atoms with Gasteiger partial charge in [0.15, 0.2) is 6.10 Å². The van der Waals surface area contributed by atoms with E-state index in [1.54, 1.807) is 0 Å². The third-order valence-corrected chi connectivity index (χ3v) is 1.85. The van der Waals surface area contributed by atoms with Crippen LogP contribution >= 0.6 is 0 Å². The Balaban J connectivity index is 2.93. The molecule has 0 aromatic heterocycles. The highest BCUT2D eigenvalue weighted by molar-refractivity contribution is 5.92. The number of carbonyl (C=O) groups is 2. The van der Waals surface area contributed by atoms with Crippen LogP contribution in [-0.4, -0.2) is 18.0 Å². The number of rotatable bonds is 3. The Labute approximate surface area is 90.0 Å². The SMILES string of the molecule is C[C@H](OC(=O)c1c(F)cccc1F)C(N)=O. The van der Waals surface area contributed by atoms with E-state index in [-0.39, 0.29) is 0 Å². The number of hydrogen-bond donors (Lipinski definition) is 1. The third-order valence-electron chi connectivity index (χ3n) is 1.85. The van der Waals surface area contributed by atoms with Crippen molar-refractivity contribution < 1.29 is 23.1 Å². The largest absolute Gasteiger partial charge is 0.449 e. The highest BCUT2D eigenvalue weighted by Crippen LogP contribution is 2.14. The number of hydrogen-bond acceptors (Lipinski definition) is 3. The van der Waals surface area contributed by atoms with Crippen molar-refractivity contribution in [1.82, 2.24) is 0 Å². The smallest absolute Gasteiger partial charge is 0.344 e. The average Bonchev–Trinajstić information content (AvgIpc) is 2.16. The van der Waals surface area contributed by atoms with Crippen molar-refractivity contribution in [2.75, 3.05) is 0 Å². The molecule has 0 saturated carbocycles. The molecule has 1 aromatic carbocycles. The van der Waals surface area contributed by atoms with E-state index in [1.165, 1.54) is 6.92 Å². The lowest BCUT2D eigenvalue weighted by Gasteiger charge is -2.10. The summed E-state index contributed by atoms with van der Waals surface area (Å²) in [5.74, 6) is -4.27. The Bertz CT molecular complexity index is 414. The van der Waals surface area contributed by atoms with E-state index in [0.29, 0.717) is 0 Å². The molecule has 1 rings (SSSR count). The summed E-state index contributed by atoms with van der Waals surface area (Å²) in [5.41, 5.74) is 4.00. The second-order valence-corrected chi connectivity index (χ2v) is 3.05. The molecule has 0 radical (unpaired) electrons. The number of ether oxygens (including phenoxy) is 1. The van der Waals surface area contributed by atoms with Gasteiger partial charge in [0, 0.05) is 0 Å². The van der Waals surface area contributed by atoms with Gasteiger partial charge in [0.2, 0.25) is 0 Å². The molecule has 0 saturated heterocycles. The molecular formula is C10H9F2NO3. The van der Waals surface area contributed by atoms with Crippen LogP contribution in [0.15, 0.2) is 18.2 Å². The first kappa shape index (κ1) is 12.1. The Kier molecular flexibility index (Phi) is 3.55. The van der Waals surface area contributed by atoms with Crippen LogP contribution in [0.2, 0.25) is 0 Å². The zero-order valence-corrected chi connectivity index (χ0v) is 8.37. The van der Waals surface area contributed by atoms with Crippen LogP contribution < -0.4 is 5.73 Å². The van der Waals surface area contributed by atoms with Crippen molar-refractivity contribution in [3.63, 3.8) is 0 Å². The Morgan fingerprint density at radius 1 is 1.31 bits per heavy atom. The van der Waals surface area contributed by atoms with Gasteiger partial charge in [0.25, 0.3) is 5.91 Å². The first-order valence-corrected chi connectivity index (χ1v) is 4.37. The molecule has 0 aliphatic carbocycles. The summed E-state index contributed by atoms with van der Waals surface area (Å²) in [6, 6.07) is 2.93. The van der Waals surface area contributed by atoms with E-state index >= 15 is 0 Å². The van der Waals surface area contributed by atoms with Crippen molar-refractivity contribution in [3.05, 3.63) is 35.4 Å². The minimum atomic E-state index is -1.26. The van der Waals surface area contributed by atoms with Gasteiger partial charge in [-0.3, -0.25) is 4.79 Å². The Hall–Kier alpha value is -1.98. The minimum absolute atomic E-state index is 0.837. The summed E-state index contributed by atoms with van der Waals surface area (Å²) < 4.78 is 30.7. The molecule has 0 heterocycles. The zero-order chi connectivity index (χ0) is 12.3. The second-order valence-electron chi connectivity index (χ2n) is 3.05. The number of benzene rings is 1. The van der Waals surface area contributed by atoms with E-state index in [9.17, 15) is 18.4 Å². The maximum absolute atomic E-state index is 13.1. The molecule has 0 unspecified atom stereocenters. The van der Waals surface area contributed by atoms with Gasteiger partial charge in [-0.2, -0.15) is 0 Å². The molecule has 0 aliphatic rings. The van der Waals surface area contributed by atoms with Crippen LogP contribution in [0.5, 0.6) is 0 Å². The molecule has 1 aromatic rings. The quantitative estimate of drug-likeness (QED) is 0.786. The Morgan fingerprint density at radius 2 is 1.81 bits per heavy atom. The van der Waals surface area contributed by atoms with Crippen LogP contribution in [0.1, 0.15) is 17.3 Å². The number of primary amides is 1. The zero-order valence-electron chi connectivity index (χ0n) is 8.37. The van der Waals surface area contributed by atoms with Crippen LogP contribution in [0.4, 0.5) is 8.78 Å². The molecule has 86 valence electrons. The molecule has 1 atom stereocenters. The van der Waals surface area contributed by atoms with E-state index < -0.39 is 35.2 Å². The standard InChI is InChI=1S/C10H9F2NO3/c1-5(9(13)14)16-10(15)8-6(11)3-2-4-7(8)12/h2-5H,1H3,(H2,13,14)/t5-/m0/s1. The van der Waals surface area contributed by atoms with Crippen molar-refractivity contribution in [3.8, 4) is 0 Å². The molecule has 0 spiro atoms. The number of halogens is 2. The van der Waals surface area contributed by atoms with Gasteiger partial charge in [-0.25, -0.2) is 13.6 Å². The molecule has 2 N–H and O–H groups in total. The summed E-state index contributed by atoms with van der Waals surface area (Å²) >= 11 is 0. The maximum Gasteiger partial charge on any atom is 0.344 e. The molecule has 6 heteroatoms. The molecule has 4 nitrogen and oxygen atoms in total. The lowest BCUT2D eigenvalue weighted by atomic mass is 10.2. The van der Waals surface area contributed by atoms with Gasteiger partial charge in [-0.05, 0) is 19.1 Å². The topological polar surface area (TPSA) is 69.4 Å². The van der Waals surface area contributed by atoms with E-state index in [4.69, 9.17) is 5.73 Å². The summed E-state index contributed by atoms with van der Waals surface area (Å²) in [6.45, 7) is 1.21. The molecular weight excluding hydrogens is 220 g/mol. The van der Waals surface area contributed by atoms with Gasteiger partial charge in [-0.1, -0.05) is 6.07 Å². The summed E-state index contributed by atoms with van der Waals surface area (Å²) in [6.07, 6.45) is -1.24. The second kappa shape index (κ2) is 4.69. The predicted octanol–water partition coefficient (Wildman–Crippen LogP) is 0.995. The van der Waals surface area contributed by atoms with Crippen molar-refractivity contribution in [1.29, 1.82) is 0 Å². The first-order valence-electron chi connectivity index (χ1n) is 4.37. The van der Waals surface area contributed by atoms with E-state index in [0.717, 1.165) is 18.2 Å². The van der Waals surface area contributed by atoms with Gasteiger partial charge >= 0.3 is 5.97 Å². The first-order chi connectivity index (χ1) is 7.43. The number of esters is 1. The van der Waals surface area contributed by atoms with Crippen LogP contribution in [-0.2, 0) is 9.53 Å². The van der Waals surface area contributed by atoms with E-state index in [1.807, 2.05) is 0 Å². The fourth-order valence-corrected chi connectivity index (χ4v) is 0.970. The molecule has 1 amide bonds. The van der Waals surface area contributed by atoms with Crippen molar-refractivity contribution in [2.45, 2.75) is 13.0 Å². The molecule has 0 aliphatic heterocycles. The highest BCUT2D eigenvalue weighted by atomic mass is 19.1. The summed E-state index contributed by atoms with van der Waals surface area (Å²) in [4.78, 5) is 21.9. The summed E-state index contributed by atoms with van der Waals surface area (Å²) in [7, 11) is 0. The van der Waals surface area contributed by atoms with Crippen molar-refractivity contribution >= 4 is 11.9 Å². The van der Waals surface area contributed by atoms with Gasteiger partial charge in [0.05, 0.1) is 0 Å². The van der Waals surface area contributed by atoms with Crippen LogP contribution in [0, 0.1) is 11.6 Å². The fourth-order valence-electron chi connectivity index (χ4n) is 0.970. The fraction of sp³-hybridized carbons (Fsp3) is 0.200. The highest BCUT2D eigenvalue weighted by Gasteiger charge is 2.22.